The number of esters is 2. The third-order valence-corrected chi connectivity index (χ3v) is 1.07. The minimum atomic E-state index is -0.475. The minimum absolute atomic E-state index is 0. The number of methoxy groups -OCH3 is 2. The molecule has 0 spiro atoms. The Kier molecular flexibility index (Phi) is 15.5. The Morgan fingerprint density at radius 3 is 1.18 bits per heavy atom. The van der Waals surface area contributed by atoms with E-state index >= 15 is 0 Å². The summed E-state index contributed by atoms with van der Waals surface area (Å²) in [5.74, 6) is -0.538. The van der Waals surface area contributed by atoms with Gasteiger partial charge in [0, 0.05) is 30.9 Å². The molecule has 0 heterocycles. The number of carbonyl (C=O) groups is 2. The van der Waals surface area contributed by atoms with Crippen molar-refractivity contribution < 1.29 is 46.3 Å². The number of carbonyl (C=O) groups excluding carboxylic acids is 2. The van der Waals surface area contributed by atoms with Gasteiger partial charge in [-0.05, 0) is 0 Å². The van der Waals surface area contributed by atoms with Crippen molar-refractivity contribution in [1.29, 1.82) is 0 Å². The van der Waals surface area contributed by atoms with Crippen LogP contribution in [-0.4, -0.2) is 36.4 Å². The molecule has 0 aliphatic heterocycles. The van der Waals surface area contributed by atoms with Gasteiger partial charge in [0.05, 0.1) is 14.2 Å². The largest absolute Gasteiger partial charge is 0.596 e. The van der Waals surface area contributed by atoms with Crippen molar-refractivity contribution in [3.8, 4) is 0 Å². The molecular formula is C10H18FeO6+2. The molecule has 0 aliphatic rings. The summed E-state index contributed by atoms with van der Waals surface area (Å²) >= 11 is 0. The minimum Gasteiger partial charge on any atom is -0.596 e. The molecule has 0 bridgehead atoms. The van der Waals surface area contributed by atoms with Crippen molar-refractivity contribution in [2.24, 2.45) is 0 Å². The van der Waals surface area contributed by atoms with E-state index in [1.54, 1.807) is 0 Å². The predicted octanol–water partition coefficient (Wildman–Crippen LogP) is -0.427. The van der Waals surface area contributed by atoms with Crippen molar-refractivity contribution in [2.45, 2.75) is 13.8 Å². The summed E-state index contributed by atoms with van der Waals surface area (Å²) in [5.41, 5.74) is 0. The van der Waals surface area contributed by atoms with Crippen LogP contribution in [-0.2, 0) is 36.1 Å². The number of ether oxygens (including phenoxy) is 2. The zero-order chi connectivity index (χ0) is 13.1. The number of hydrogen-bond acceptors (Lipinski definition) is 4. The van der Waals surface area contributed by atoms with Crippen molar-refractivity contribution in [3.63, 3.8) is 0 Å². The third-order valence-electron chi connectivity index (χ3n) is 1.07. The van der Waals surface area contributed by atoms with E-state index in [1.807, 2.05) is 0 Å². The first-order valence-electron chi connectivity index (χ1n) is 4.29. The molecule has 7 heteroatoms. The van der Waals surface area contributed by atoms with Crippen LogP contribution in [0.3, 0.4) is 0 Å². The maximum absolute atomic E-state index is 10.2. The van der Waals surface area contributed by atoms with E-state index < -0.39 is 11.9 Å². The van der Waals surface area contributed by atoms with Crippen molar-refractivity contribution in [1.82, 2.24) is 0 Å². The fourth-order valence-corrected chi connectivity index (χ4v) is 0.471. The summed E-state index contributed by atoms with van der Waals surface area (Å²) in [6.07, 6.45) is 2.22. The van der Waals surface area contributed by atoms with Crippen LogP contribution >= 0.6 is 0 Å². The van der Waals surface area contributed by atoms with E-state index in [0.717, 1.165) is 12.2 Å². The molecule has 0 aromatic carbocycles. The maximum Gasteiger partial charge on any atom is 0.339 e. The van der Waals surface area contributed by atoms with E-state index in [9.17, 15) is 9.59 Å². The molecule has 4 N–H and O–H groups in total. The van der Waals surface area contributed by atoms with Gasteiger partial charge in [-0.25, -0.2) is 9.59 Å². The van der Waals surface area contributed by atoms with Crippen molar-refractivity contribution in [3.05, 3.63) is 23.7 Å². The Balaban J connectivity index is -0.000000218. The van der Waals surface area contributed by atoms with Gasteiger partial charge in [-0.1, -0.05) is 0 Å². The fraction of sp³-hybridized carbons (Fsp3) is 0.400. The van der Waals surface area contributed by atoms with Gasteiger partial charge in [0.25, 0.3) is 0 Å². The van der Waals surface area contributed by atoms with Crippen LogP contribution in [0.4, 0.5) is 0 Å². The van der Waals surface area contributed by atoms with Gasteiger partial charge in [0.1, 0.15) is 12.2 Å². The maximum atomic E-state index is 10.2. The summed E-state index contributed by atoms with van der Waals surface area (Å²) in [4.78, 5) is 20.4. The average molecular weight is 290 g/mol. The van der Waals surface area contributed by atoms with Gasteiger partial charge in [-0.3, -0.25) is 0 Å². The van der Waals surface area contributed by atoms with Gasteiger partial charge in [-0.2, -0.15) is 0 Å². The molecule has 0 rings (SSSR count). The third kappa shape index (κ3) is 20.6. The second kappa shape index (κ2) is 12.6. The first-order valence-corrected chi connectivity index (χ1v) is 4.29. The normalized spacial score (nSPS) is 10.4. The molecule has 0 radical (unpaired) electrons. The molecule has 0 fully saturated rings. The Morgan fingerprint density at radius 1 is 0.882 bits per heavy atom. The van der Waals surface area contributed by atoms with Crippen LogP contribution in [0.15, 0.2) is 23.7 Å². The molecule has 0 unspecified atom stereocenters. The Hall–Kier alpha value is -1.46. The van der Waals surface area contributed by atoms with Crippen LogP contribution in [0.1, 0.15) is 13.8 Å². The van der Waals surface area contributed by atoms with Gasteiger partial charge in [-0.15, -0.1) is 0 Å². The van der Waals surface area contributed by atoms with Gasteiger partial charge in [0.2, 0.25) is 11.5 Å². The number of allylic oxidation sites excluding steroid dienone is 2. The number of hydrogen-bond donors (Lipinski definition) is 0. The van der Waals surface area contributed by atoms with Crippen LogP contribution in [0.25, 0.3) is 0 Å². The van der Waals surface area contributed by atoms with Gasteiger partial charge < -0.3 is 19.7 Å². The summed E-state index contributed by atoms with van der Waals surface area (Å²) in [6, 6.07) is 0. The molecule has 0 aliphatic carbocycles. The van der Waals surface area contributed by atoms with Crippen molar-refractivity contribution in [2.75, 3.05) is 14.2 Å². The van der Waals surface area contributed by atoms with E-state index in [1.165, 1.54) is 28.1 Å². The quantitative estimate of drug-likeness (QED) is 0.226. The molecule has 17 heavy (non-hydrogen) atoms. The van der Waals surface area contributed by atoms with Crippen LogP contribution in [0, 0.1) is 0 Å². The zero-order valence-electron chi connectivity index (χ0n) is 10.1. The molecule has 0 amide bonds. The second-order valence-electron chi connectivity index (χ2n) is 2.70. The van der Waals surface area contributed by atoms with Crippen LogP contribution < -0.4 is 0 Å². The monoisotopic (exact) mass is 290 g/mol. The average Bonchev–Trinajstić information content (AvgIpc) is 2.16. The summed E-state index contributed by atoms with van der Waals surface area (Å²) < 4.78 is 8.45. The van der Waals surface area contributed by atoms with E-state index in [2.05, 4.69) is 9.47 Å². The van der Waals surface area contributed by atoms with Crippen LogP contribution in [0.5, 0.6) is 0 Å². The molecule has 6 nitrogen and oxygen atoms in total. The summed E-state index contributed by atoms with van der Waals surface area (Å²) in [6.45, 7) is 3.02. The molecule has 0 aromatic heterocycles. The van der Waals surface area contributed by atoms with E-state index in [0.29, 0.717) is 0 Å². The Labute approximate surface area is 110 Å². The molecular weight excluding hydrogens is 272 g/mol. The number of rotatable bonds is 2. The van der Waals surface area contributed by atoms with Crippen LogP contribution in [0.2, 0.25) is 0 Å². The topological polar surface area (TPSA) is 98.4 Å². The molecule has 0 aromatic rings. The SMILES string of the molecule is COC(=O)/C=C(/C)[OH2+].COC(=O)/C=C(/C)[OH2+].[Fe]. The van der Waals surface area contributed by atoms with Gasteiger partial charge >= 0.3 is 11.9 Å². The van der Waals surface area contributed by atoms with Crippen molar-refractivity contribution >= 4 is 11.9 Å². The smallest absolute Gasteiger partial charge is 0.339 e. The first-order chi connectivity index (χ1) is 7.33. The molecule has 0 saturated carbocycles. The zero-order valence-corrected chi connectivity index (χ0v) is 11.2. The molecule has 0 atom stereocenters. The summed E-state index contributed by atoms with van der Waals surface area (Å²) in [7, 11) is 2.56. The Bertz CT molecular complexity index is 257. The fourth-order valence-electron chi connectivity index (χ4n) is 0.471. The van der Waals surface area contributed by atoms with Gasteiger partial charge in [0.15, 0.2) is 0 Å². The molecule has 100 valence electrons. The van der Waals surface area contributed by atoms with E-state index in [-0.39, 0.29) is 28.6 Å². The molecule has 0 saturated heterocycles. The van der Waals surface area contributed by atoms with E-state index in [4.69, 9.17) is 10.2 Å². The Morgan fingerprint density at radius 2 is 1.12 bits per heavy atom. The summed E-state index contributed by atoms with van der Waals surface area (Å²) in [5, 5.41) is 13.5. The first kappa shape index (κ1) is 20.9. The second-order valence-corrected chi connectivity index (χ2v) is 2.70. The standard InChI is InChI=1S/2C5H8O3.Fe/c2*1-4(6)3-5(7)8-2;/h2*3,6H,1-2H3;/p+2/b2*4-3-;. The predicted molar refractivity (Wildman–Crippen MR) is 58.8 cm³/mol.